The van der Waals surface area contributed by atoms with Crippen LogP contribution in [-0.2, 0) is 28.2 Å². The van der Waals surface area contributed by atoms with Crippen molar-refractivity contribution in [3.63, 3.8) is 0 Å². The quantitative estimate of drug-likeness (QED) is 0.0621. The first kappa shape index (κ1) is 83.7. The third kappa shape index (κ3) is 16.0. The van der Waals surface area contributed by atoms with Crippen LogP contribution in [0.3, 0.4) is 0 Å². The van der Waals surface area contributed by atoms with Crippen LogP contribution in [-0.4, -0.2) is 32.3 Å². The van der Waals surface area contributed by atoms with E-state index in [9.17, 15) is 17.6 Å². The molecular formula is C98H120F4N4Si4+4. The third-order valence-corrected chi connectivity index (χ3v) is 41.3. The van der Waals surface area contributed by atoms with Crippen LogP contribution >= 0.6 is 0 Å². The first-order chi connectivity index (χ1) is 51.7. The van der Waals surface area contributed by atoms with Crippen molar-refractivity contribution in [1.82, 2.24) is 0 Å². The molecule has 12 heteroatoms. The molecule has 0 aliphatic heterocycles. The Morgan fingerprint density at radius 2 is 0.564 bits per heavy atom. The lowest BCUT2D eigenvalue weighted by Crippen LogP contribution is -2.52. The molecule has 0 bridgehead atoms. The maximum Gasteiger partial charge on any atom is 0.220 e. The molecule has 0 fully saturated rings. The fourth-order valence-electron chi connectivity index (χ4n) is 16.3. The molecule has 0 amide bonds. The highest BCUT2D eigenvalue weighted by Gasteiger charge is 2.33. The van der Waals surface area contributed by atoms with Crippen molar-refractivity contribution in [3.8, 4) is 45.0 Å². The van der Waals surface area contributed by atoms with E-state index in [4.69, 9.17) is 0 Å². The van der Waals surface area contributed by atoms with Gasteiger partial charge in [0.25, 0.3) is 0 Å². The molecule has 0 atom stereocenters. The molecule has 9 aromatic carbocycles. The van der Waals surface area contributed by atoms with E-state index in [1.165, 1.54) is 87.7 Å². The van der Waals surface area contributed by atoms with Gasteiger partial charge in [0.2, 0.25) is 22.8 Å². The Bertz CT molecular complexity index is 5700. The molecule has 0 N–H and O–H groups in total. The number of fused-ring (bicyclic) bond motifs is 4. The number of rotatable bonds is 13. The molecule has 0 radical (unpaired) electrons. The SMILES string of the molecule is CC[Si](CC)(CC)c1ccc2c(-c3cc(C)c(F)c(C)c3C)[n+](C)ccc2c1.Cc1cc(-c2c3ccc([Si](C)(C)C(C)C)cc3cc[n+]2C)c(C)c(C)c1F.Cc1cc(-c2c3ccc([Si](C)(C)C)cc3cc[n+]2C)c(C)c(C)c1F.Cc1cc(-c2c3ccc([Si](C)(C)c4ccccc4)cc3cc[n+]2C)c(C)c(C)c1F. The minimum absolute atomic E-state index is 0.0870. The standard InChI is InChI=1S/C27H29FNSi.C25H33FNSi.C24H31FNSi.C22H27FNSi/c1-18-16-25(19(2)20(3)26(18)28)27-24-13-12-23(17-21(24)14-15-29(27)4)30(5,6)22-10-8-7-9-11-22;1-8-28(9-2,10-3)21-11-12-22-20(16-21)13-14-27(7)25(22)23-15-17(4)24(26)19(6)18(23)5;1-15(2)27(7,8)20-9-10-21-19(14-20)11-12-26(6)24(21)22-13-16(3)23(25)18(5)17(22)4;1-14-12-20(15(2)16(3)21(14)23)22-19-9-8-18(25(5,6)7)13-17(19)10-11-24(22)4/h7-17H,1-6H3;11-16H,8-10H2,1-7H3;9-15H,1-8H3;8-13H,1-7H3/q4*+1. The van der Waals surface area contributed by atoms with Crippen LogP contribution in [0, 0.1) is 106 Å². The lowest BCUT2D eigenvalue weighted by atomic mass is 9.94. The summed E-state index contributed by atoms with van der Waals surface area (Å²) in [5.74, 6) is -0.371. The molecule has 0 saturated carbocycles. The molecular weight excluding hydrogens is 1420 g/mol. The highest BCUT2D eigenvalue weighted by molar-refractivity contribution is 7.00. The number of aryl methyl sites for hydroxylation is 8. The van der Waals surface area contributed by atoms with Crippen LogP contribution in [0.4, 0.5) is 17.6 Å². The average Bonchev–Trinajstić information content (AvgIpc) is 0.758. The molecule has 0 saturated heterocycles. The number of nitrogens with zero attached hydrogens (tertiary/aromatic N) is 4. The summed E-state index contributed by atoms with van der Waals surface area (Å²) in [4.78, 5) is 0. The van der Waals surface area contributed by atoms with Crippen LogP contribution in [0.15, 0.2) is 176 Å². The average molecular weight is 1540 g/mol. The van der Waals surface area contributed by atoms with Crippen LogP contribution in [0.5, 0.6) is 0 Å². The molecule has 0 unspecified atom stereocenters. The molecule has 4 nitrogen and oxygen atoms in total. The second-order valence-electron chi connectivity index (χ2n) is 34.0. The van der Waals surface area contributed by atoms with Gasteiger partial charge in [-0.2, -0.15) is 0 Å². The van der Waals surface area contributed by atoms with Crippen molar-refractivity contribution in [1.29, 1.82) is 0 Å². The second kappa shape index (κ2) is 32.9. The third-order valence-electron chi connectivity index (χ3n) is 25.5. The first-order valence-corrected chi connectivity index (χ1v) is 51.7. The molecule has 13 rings (SSSR count). The lowest BCUT2D eigenvalue weighted by Gasteiger charge is -2.29. The Morgan fingerprint density at radius 3 is 0.855 bits per heavy atom. The summed E-state index contributed by atoms with van der Waals surface area (Å²) < 4.78 is 66.1. The van der Waals surface area contributed by atoms with Crippen LogP contribution < -0.4 is 44.2 Å². The van der Waals surface area contributed by atoms with Gasteiger partial charge in [-0.3, -0.25) is 0 Å². The molecule has 0 spiro atoms. The molecule has 0 aliphatic carbocycles. The van der Waals surface area contributed by atoms with Crippen LogP contribution in [0.2, 0.25) is 69.5 Å². The topological polar surface area (TPSA) is 15.5 Å². The van der Waals surface area contributed by atoms with E-state index >= 15 is 0 Å². The van der Waals surface area contributed by atoms with Gasteiger partial charge >= 0.3 is 0 Å². The van der Waals surface area contributed by atoms with E-state index < -0.39 is 32.3 Å². The Kier molecular flexibility index (Phi) is 25.0. The van der Waals surface area contributed by atoms with Crippen molar-refractivity contribution < 1.29 is 35.8 Å². The van der Waals surface area contributed by atoms with E-state index in [0.717, 1.165) is 83.8 Å². The minimum atomic E-state index is -1.78. The van der Waals surface area contributed by atoms with Gasteiger partial charge in [-0.05, 0) is 225 Å². The Labute approximate surface area is 659 Å². The second-order valence-corrected chi connectivity index (χ2v) is 53.9. The predicted octanol–water partition coefficient (Wildman–Crippen LogP) is 22.0. The van der Waals surface area contributed by atoms with Gasteiger partial charge in [-0.25, -0.2) is 35.8 Å². The number of benzene rings is 9. The zero-order chi connectivity index (χ0) is 80.9. The number of hydrogen-bond acceptors (Lipinski definition) is 0. The lowest BCUT2D eigenvalue weighted by molar-refractivity contribution is -0.659. The van der Waals surface area contributed by atoms with Gasteiger partial charge < -0.3 is 0 Å². The normalized spacial score (nSPS) is 12.0. The molecule has 4 aromatic heterocycles. The van der Waals surface area contributed by atoms with E-state index in [-0.39, 0.29) is 23.3 Å². The van der Waals surface area contributed by atoms with Crippen molar-refractivity contribution >= 4 is 101 Å². The summed E-state index contributed by atoms with van der Waals surface area (Å²) in [6, 6.07) is 59.3. The zero-order valence-corrected chi connectivity index (χ0v) is 75.2. The van der Waals surface area contributed by atoms with Gasteiger partial charge in [0, 0.05) is 24.3 Å². The Hall–Kier alpha value is -8.79. The highest BCUT2D eigenvalue weighted by atomic mass is 28.3. The highest BCUT2D eigenvalue weighted by Crippen LogP contribution is 2.38. The van der Waals surface area contributed by atoms with E-state index in [1.54, 1.807) is 5.19 Å². The van der Waals surface area contributed by atoms with E-state index in [2.05, 4.69) is 279 Å². The summed E-state index contributed by atoms with van der Waals surface area (Å²) in [5, 5.41) is 17.3. The maximum atomic E-state index is 14.4. The molecule has 572 valence electrons. The Morgan fingerprint density at radius 1 is 0.300 bits per heavy atom. The van der Waals surface area contributed by atoms with Crippen molar-refractivity contribution in [3.05, 3.63) is 266 Å². The fraction of sp³-hybridized carbons (Fsp3) is 0.327. The smallest absolute Gasteiger partial charge is 0.206 e. The van der Waals surface area contributed by atoms with E-state index in [1.807, 2.05) is 107 Å². The van der Waals surface area contributed by atoms with Crippen LogP contribution in [0.25, 0.3) is 88.1 Å². The summed E-state index contributed by atoms with van der Waals surface area (Å²) in [5.41, 5.74) is 19.6. The van der Waals surface area contributed by atoms with Gasteiger partial charge in [-0.1, -0.05) is 203 Å². The van der Waals surface area contributed by atoms with Gasteiger partial charge in [0.1, 0.15) is 59.5 Å². The summed E-state index contributed by atoms with van der Waals surface area (Å²) in [6.45, 7) is 51.5. The first-order valence-electron chi connectivity index (χ1n) is 39.5. The summed E-state index contributed by atoms with van der Waals surface area (Å²) in [7, 11) is 2.27. The van der Waals surface area contributed by atoms with Crippen molar-refractivity contribution in [2.45, 2.75) is 187 Å². The number of aromatic nitrogens is 4. The number of hydrogen-bond donors (Lipinski definition) is 0. The minimum Gasteiger partial charge on any atom is -0.206 e. The van der Waals surface area contributed by atoms with Crippen molar-refractivity contribution in [2.24, 2.45) is 28.2 Å². The predicted molar refractivity (Wildman–Crippen MR) is 474 cm³/mol. The molecule has 110 heavy (non-hydrogen) atoms. The van der Waals surface area contributed by atoms with Crippen LogP contribution in [0.1, 0.15) is 101 Å². The van der Waals surface area contributed by atoms with Gasteiger partial charge in [0.15, 0.2) is 24.8 Å². The summed E-state index contributed by atoms with van der Waals surface area (Å²) >= 11 is 0. The van der Waals surface area contributed by atoms with Gasteiger partial charge in [0.05, 0.1) is 68.0 Å². The Balaban J connectivity index is 0.000000156. The summed E-state index contributed by atoms with van der Waals surface area (Å²) in [6.07, 6.45) is 8.49. The molecule has 0 aliphatic rings. The number of halogens is 4. The monoisotopic (exact) mass is 1540 g/mol. The fourth-order valence-corrected chi connectivity index (χ4v) is 25.2. The number of pyridine rings is 4. The maximum absolute atomic E-state index is 14.4. The van der Waals surface area contributed by atoms with Crippen molar-refractivity contribution in [2.75, 3.05) is 0 Å². The molecule has 4 heterocycles. The largest absolute Gasteiger partial charge is 0.220 e. The van der Waals surface area contributed by atoms with E-state index in [0.29, 0.717) is 27.8 Å². The van der Waals surface area contributed by atoms with Gasteiger partial charge in [-0.15, -0.1) is 0 Å². The molecule has 13 aromatic rings. The zero-order valence-electron chi connectivity index (χ0n) is 71.2.